The number of nitrogens with one attached hydrogen (secondary N) is 1. The summed E-state index contributed by atoms with van der Waals surface area (Å²) < 4.78 is 0. The van der Waals surface area contributed by atoms with Gasteiger partial charge in [-0.15, -0.1) is 0 Å². The molecule has 5 heteroatoms. The number of amides is 1. The van der Waals surface area contributed by atoms with Gasteiger partial charge in [-0.2, -0.15) is 0 Å². The molecule has 1 aliphatic rings. The molecule has 0 radical (unpaired) electrons. The Morgan fingerprint density at radius 2 is 1.76 bits per heavy atom. The van der Waals surface area contributed by atoms with Crippen LogP contribution in [0.3, 0.4) is 0 Å². The number of benzene rings is 2. The number of fused-ring (bicyclic) bond motifs is 1. The fraction of sp³-hybridized carbons (Fsp3) is 0.100. The molecule has 0 spiro atoms. The van der Waals surface area contributed by atoms with Crippen LogP contribution in [0.2, 0.25) is 5.02 Å². The lowest BCUT2D eigenvalue weighted by atomic mass is 10.0. The number of hydrogen-bond acceptors (Lipinski definition) is 3. The molecule has 124 valence electrons. The summed E-state index contributed by atoms with van der Waals surface area (Å²) >= 11 is 6.01. The summed E-state index contributed by atoms with van der Waals surface area (Å²) in [6.45, 7) is 1.94. The number of pyridine rings is 1. The molecule has 4 nitrogen and oxygen atoms in total. The van der Waals surface area contributed by atoms with Gasteiger partial charge in [-0.05, 0) is 55.5 Å². The van der Waals surface area contributed by atoms with Crippen molar-refractivity contribution in [2.24, 2.45) is 0 Å². The molecule has 1 atom stereocenters. The van der Waals surface area contributed by atoms with Crippen molar-refractivity contribution < 1.29 is 4.79 Å². The van der Waals surface area contributed by atoms with E-state index in [-0.39, 0.29) is 12.1 Å². The summed E-state index contributed by atoms with van der Waals surface area (Å²) in [7, 11) is 0. The quantitative estimate of drug-likeness (QED) is 0.721. The van der Waals surface area contributed by atoms with Crippen molar-refractivity contribution in [3.05, 3.63) is 88.7 Å². The van der Waals surface area contributed by atoms with E-state index in [4.69, 9.17) is 11.6 Å². The molecule has 2 heterocycles. The minimum Gasteiger partial charge on any atom is -0.359 e. The van der Waals surface area contributed by atoms with Gasteiger partial charge in [0.25, 0.3) is 5.91 Å². The first-order valence-electron chi connectivity index (χ1n) is 8.02. The highest BCUT2D eigenvalue weighted by Gasteiger charge is 2.34. The fourth-order valence-electron chi connectivity index (χ4n) is 3.04. The van der Waals surface area contributed by atoms with E-state index in [1.54, 1.807) is 17.0 Å². The molecule has 0 fully saturated rings. The van der Waals surface area contributed by atoms with Crippen molar-refractivity contribution in [2.45, 2.75) is 13.1 Å². The molecule has 0 bridgehead atoms. The summed E-state index contributed by atoms with van der Waals surface area (Å²) in [6, 6.07) is 20.6. The van der Waals surface area contributed by atoms with Gasteiger partial charge in [0.1, 0.15) is 0 Å². The van der Waals surface area contributed by atoms with Crippen LogP contribution in [0.15, 0.2) is 66.7 Å². The standard InChI is InChI=1S/C20H16ClN3O/c1-13-5-4-8-18(22-13)19-23-17-7-3-2-6-16(17)20(25)24(19)15-11-9-14(21)10-12-15/h2-12,19,23H,1H3/t19-/m0/s1. The predicted molar refractivity (Wildman–Crippen MR) is 100 cm³/mol. The second-order valence-electron chi connectivity index (χ2n) is 5.95. The maximum Gasteiger partial charge on any atom is 0.262 e. The van der Waals surface area contributed by atoms with Gasteiger partial charge in [0, 0.05) is 22.1 Å². The van der Waals surface area contributed by atoms with Crippen LogP contribution in [-0.4, -0.2) is 10.9 Å². The number of carbonyl (C=O) groups excluding carboxylic acids is 1. The van der Waals surface area contributed by atoms with Gasteiger partial charge in [0.15, 0.2) is 6.17 Å². The molecule has 1 N–H and O–H groups in total. The normalized spacial score (nSPS) is 16.3. The van der Waals surface area contributed by atoms with E-state index >= 15 is 0 Å². The number of aryl methyl sites for hydroxylation is 1. The van der Waals surface area contributed by atoms with Crippen LogP contribution in [-0.2, 0) is 0 Å². The van der Waals surface area contributed by atoms with Gasteiger partial charge in [0.2, 0.25) is 0 Å². The summed E-state index contributed by atoms with van der Waals surface area (Å²) in [5.74, 6) is -0.0648. The zero-order valence-corrected chi connectivity index (χ0v) is 14.4. The van der Waals surface area contributed by atoms with Crippen LogP contribution in [0.25, 0.3) is 0 Å². The van der Waals surface area contributed by atoms with Gasteiger partial charge < -0.3 is 5.32 Å². The molecule has 2 aromatic carbocycles. The zero-order valence-electron chi connectivity index (χ0n) is 13.6. The molecule has 25 heavy (non-hydrogen) atoms. The van der Waals surface area contributed by atoms with Gasteiger partial charge in [-0.3, -0.25) is 14.7 Å². The van der Waals surface area contributed by atoms with Crippen LogP contribution >= 0.6 is 11.6 Å². The van der Waals surface area contributed by atoms with E-state index in [0.29, 0.717) is 10.6 Å². The highest BCUT2D eigenvalue weighted by Crippen LogP contribution is 2.36. The number of rotatable bonds is 2. The van der Waals surface area contributed by atoms with E-state index in [1.165, 1.54) is 0 Å². The maximum atomic E-state index is 13.2. The molecule has 0 saturated heterocycles. The highest BCUT2D eigenvalue weighted by atomic mass is 35.5. The molecule has 0 saturated carbocycles. The van der Waals surface area contributed by atoms with E-state index in [2.05, 4.69) is 10.3 Å². The first-order valence-corrected chi connectivity index (χ1v) is 8.39. The van der Waals surface area contributed by atoms with Crippen molar-refractivity contribution in [1.82, 2.24) is 4.98 Å². The van der Waals surface area contributed by atoms with Crippen molar-refractivity contribution >= 4 is 28.9 Å². The molecule has 3 aromatic rings. The van der Waals surface area contributed by atoms with E-state index < -0.39 is 0 Å². The average molecular weight is 350 g/mol. The third-order valence-corrected chi connectivity index (χ3v) is 4.47. The Labute approximate surface area is 151 Å². The van der Waals surface area contributed by atoms with Gasteiger partial charge in [0.05, 0.1) is 11.3 Å². The summed E-state index contributed by atoms with van der Waals surface area (Å²) in [5, 5.41) is 4.07. The smallest absolute Gasteiger partial charge is 0.262 e. The van der Waals surface area contributed by atoms with Crippen molar-refractivity contribution in [3.8, 4) is 0 Å². The third kappa shape index (κ3) is 2.85. The van der Waals surface area contributed by atoms with Gasteiger partial charge in [-0.25, -0.2) is 0 Å². The van der Waals surface area contributed by atoms with Gasteiger partial charge >= 0.3 is 0 Å². The number of carbonyl (C=O) groups is 1. The van der Waals surface area contributed by atoms with E-state index in [9.17, 15) is 4.79 Å². The van der Waals surface area contributed by atoms with Gasteiger partial charge in [-0.1, -0.05) is 29.8 Å². The van der Waals surface area contributed by atoms with Crippen LogP contribution in [0, 0.1) is 6.92 Å². The van der Waals surface area contributed by atoms with Crippen LogP contribution < -0.4 is 10.2 Å². The molecular formula is C20H16ClN3O. The lowest BCUT2D eigenvalue weighted by molar-refractivity contribution is 0.0974. The van der Waals surface area contributed by atoms with Crippen LogP contribution in [0.1, 0.15) is 27.9 Å². The Kier molecular flexibility index (Phi) is 3.90. The Bertz CT molecular complexity index is 940. The second kappa shape index (κ2) is 6.22. The molecule has 1 aliphatic heterocycles. The number of aromatic nitrogens is 1. The van der Waals surface area contributed by atoms with Crippen molar-refractivity contribution in [3.63, 3.8) is 0 Å². The largest absolute Gasteiger partial charge is 0.359 e. The number of halogens is 1. The molecular weight excluding hydrogens is 334 g/mol. The minimum absolute atomic E-state index is 0.0648. The lowest BCUT2D eigenvalue weighted by Gasteiger charge is -2.37. The lowest BCUT2D eigenvalue weighted by Crippen LogP contribution is -2.43. The monoisotopic (exact) mass is 349 g/mol. The summed E-state index contributed by atoms with van der Waals surface area (Å²) in [4.78, 5) is 19.5. The molecule has 1 amide bonds. The minimum atomic E-state index is -0.386. The number of nitrogens with zero attached hydrogens (tertiary/aromatic N) is 2. The molecule has 0 unspecified atom stereocenters. The topological polar surface area (TPSA) is 45.2 Å². The second-order valence-corrected chi connectivity index (χ2v) is 6.38. The van der Waals surface area contributed by atoms with E-state index in [0.717, 1.165) is 22.8 Å². The Hall–Kier alpha value is -2.85. The number of para-hydroxylation sites is 1. The average Bonchev–Trinajstić information content (AvgIpc) is 2.63. The van der Waals surface area contributed by atoms with Crippen molar-refractivity contribution in [1.29, 1.82) is 0 Å². The molecule has 1 aromatic heterocycles. The Balaban J connectivity index is 1.87. The third-order valence-electron chi connectivity index (χ3n) is 4.22. The number of hydrogen-bond donors (Lipinski definition) is 1. The number of anilines is 2. The Morgan fingerprint density at radius 3 is 2.52 bits per heavy atom. The predicted octanol–water partition coefficient (Wildman–Crippen LogP) is 4.81. The Morgan fingerprint density at radius 1 is 1.00 bits per heavy atom. The highest BCUT2D eigenvalue weighted by molar-refractivity contribution is 6.30. The maximum absolute atomic E-state index is 13.2. The molecule has 4 rings (SSSR count). The summed E-state index contributed by atoms with van der Waals surface area (Å²) in [5.41, 5.74) is 3.91. The first kappa shape index (κ1) is 15.7. The van der Waals surface area contributed by atoms with Crippen LogP contribution in [0.5, 0.6) is 0 Å². The fourth-order valence-corrected chi connectivity index (χ4v) is 3.17. The van der Waals surface area contributed by atoms with E-state index in [1.807, 2.05) is 61.5 Å². The zero-order chi connectivity index (χ0) is 17.4. The first-order chi connectivity index (χ1) is 12.1. The SMILES string of the molecule is Cc1cccc([C@H]2Nc3ccccc3C(=O)N2c2ccc(Cl)cc2)n1. The van der Waals surface area contributed by atoms with Crippen molar-refractivity contribution in [2.75, 3.05) is 10.2 Å². The molecule has 0 aliphatic carbocycles. The van der Waals surface area contributed by atoms with Crippen LogP contribution in [0.4, 0.5) is 11.4 Å². The summed E-state index contributed by atoms with van der Waals surface area (Å²) in [6.07, 6.45) is -0.386.